The molecule has 0 saturated carbocycles. The first-order chi connectivity index (χ1) is 10.1. The van der Waals surface area contributed by atoms with Crippen molar-refractivity contribution >= 4 is 34.4 Å². The maximum absolute atomic E-state index is 12.4. The molecule has 1 aliphatic carbocycles. The first-order valence-electron chi connectivity index (χ1n) is 6.88. The maximum atomic E-state index is 12.4. The van der Waals surface area contributed by atoms with Gasteiger partial charge in [-0.1, -0.05) is 24.3 Å². The van der Waals surface area contributed by atoms with Gasteiger partial charge in [0.2, 0.25) is 0 Å². The zero-order valence-electron chi connectivity index (χ0n) is 11.2. The number of carbonyl (C=O) groups is 2. The van der Waals surface area contributed by atoms with Crippen LogP contribution in [-0.2, 0) is 6.42 Å². The van der Waals surface area contributed by atoms with Crippen LogP contribution in [0.3, 0.4) is 0 Å². The fourth-order valence-corrected chi connectivity index (χ4v) is 3.67. The number of hydrogen-bond acceptors (Lipinski definition) is 2. The summed E-state index contributed by atoms with van der Waals surface area (Å²) in [6.07, 6.45) is 0.946. The highest BCUT2D eigenvalue weighted by molar-refractivity contribution is 14.1. The Hall–Kier alpha value is -1.69. The summed E-state index contributed by atoms with van der Waals surface area (Å²) in [7, 11) is 0. The topological polar surface area (TPSA) is 37.4 Å². The van der Waals surface area contributed by atoms with Crippen molar-refractivity contribution in [2.24, 2.45) is 0 Å². The van der Waals surface area contributed by atoms with E-state index < -0.39 is 0 Å². The molecule has 4 rings (SSSR count). The summed E-state index contributed by atoms with van der Waals surface area (Å²) in [4.78, 5) is 26.3. The molecular formula is C17H12INO2. The largest absolute Gasteiger partial charge is 0.274 e. The van der Waals surface area contributed by atoms with Gasteiger partial charge in [-0.2, -0.15) is 0 Å². The summed E-state index contributed by atoms with van der Waals surface area (Å²) in [6, 6.07) is 13.7. The van der Waals surface area contributed by atoms with E-state index in [0.717, 1.165) is 9.99 Å². The van der Waals surface area contributed by atoms with Crippen LogP contribution in [0.4, 0.5) is 0 Å². The first kappa shape index (κ1) is 13.0. The normalized spacial score (nSPS) is 19.3. The summed E-state index contributed by atoms with van der Waals surface area (Å²) in [6.45, 7) is 0.486. The number of benzene rings is 2. The Balaban J connectivity index is 1.61. The third-order valence-electron chi connectivity index (χ3n) is 4.30. The third kappa shape index (κ3) is 1.92. The van der Waals surface area contributed by atoms with E-state index in [1.807, 2.05) is 18.2 Å². The second kappa shape index (κ2) is 4.66. The van der Waals surface area contributed by atoms with Crippen molar-refractivity contribution in [3.63, 3.8) is 0 Å². The Kier molecular flexibility index (Phi) is 2.89. The van der Waals surface area contributed by atoms with Crippen LogP contribution >= 0.6 is 22.6 Å². The lowest BCUT2D eigenvalue weighted by molar-refractivity contribution is 0.0640. The lowest BCUT2D eigenvalue weighted by atomic mass is 9.77. The van der Waals surface area contributed by atoms with Crippen LogP contribution in [0, 0.1) is 3.57 Å². The molecule has 0 aromatic heterocycles. The molecule has 3 nitrogen and oxygen atoms in total. The van der Waals surface area contributed by atoms with Crippen LogP contribution in [0.2, 0.25) is 0 Å². The van der Waals surface area contributed by atoms with Gasteiger partial charge >= 0.3 is 0 Å². The molecule has 1 heterocycles. The highest BCUT2D eigenvalue weighted by Gasteiger charge is 2.38. The van der Waals surface area contributed by atoms with Crippen molar-refractivity contribution in [2.45, 2.75) is 12.3 Å². The average Bonchev–Trinajstić information content (AvgIpc) is 2.69. The van der Waals surface area contributed by atoms with Crippen LogP contribution in [-0.4, -0.2) is 23.3 Å². The molecule has 0 saturated heterocycles. The minimum atomic E-state index is -0.157. The van der Waals surface area contributed by atoms with E-state index in [9.17, 15) is 9.59 Å². The molecule has 1 aliphatic heterocycles. The van der Waals surface area contributed by atoms with Crippen molar-refractivity contribution in [1.29, 1.82) is 0 Å². The van der Waals surface area contributed by atoms with Crippen molar-refractivity contribution in [3.8, 4) is 0 Å². The zero-order valence-corrected chi connectivity index (χ0v) is 13.3. The van der Waals surface area contributed by atoms with Crippen LogP contribution in [0.25, 0.3) is 0 Å². The minimum Gasteiger partial charge on any atom is -0.274 e. The number of halogens is 1. The number of imide groups is 1. The van der Waals surface area contributed by atoms with Gasteiger partial charge < -0.3 is 0 Å². The maximum Gasteiger partial charge on any atom is 0.261 e. The van der Waals surface area contributed by atoms with Gasteiger partial charge in [0.25, 0.3) is 11.8 Å². The summed E-state index contributed by atoms with van der Waals surface area (Å²) < 4.78 is 0.975. The molecule has 2 aromatic rings. The molecule has 1 unspecified atom stereocenters. The number of fused-ring (bicyclic) bond motifs is 2. The lowest BCUT2D eigenvalue weighted by Gasteiger charge is -2.32. The van der Waals surface area contributed by atoms with Gasteiger partial charge in [0, 0.05) is 16.0 Å². The molecule has 0 fully saturated rings. The fourth-order valence-electron chi connectivity index (χ4n) is 3.17. The molecule has 104 valence electrons. The van der Waals surface area contributed by atoms with Gasteiger partial charge in [0.05, 0.1) is 11.1 Å². The molecule has 0 bridgehead atoms. The van der Waals surface area contributed by atoms with Crippen molar-refractivity contribution in [3.05, 3.63) is 68.3 Å². The standard InChI is InChI=1S/C17H12INO2/c18-12-5-6-14-15(8-12)17(21)19(16(14)20)9-11-7-10-3-1-2-4-13(10)11/h1-6,8,11H,7,9H2. The second-order valence-corrected chi connectivity index (χ2v) is 6.76. The molecule has 0 spiro atoms. The summed E-state index contributed by atoms with van der Waals surface area (Å²) >= 11 is 2.16. The minimum absolute atomic E-state index is 0.155. The zero-order chi connectivity index (χ0) is 14.6. The van der Waals surface area contributed by atoms with Crippen molar-refractivity contribution in [2.75, 3.05) is 6.54 Å². The molecular weight excluding hydrogens is 377 g/mol. The summed E-state index contributed by atoms with van der Waals surface area (Å²) in [5.74, 6) is -0.0313. The molecule has 0 radical (unpaired) electrons. The van der Waals surface area contributed by atoms with Gasteiger partial charge in [0.1, 0.15) is 0 Å². The number of rotatable bonds is 2. The molecule has 2 amide bonds. The Bertz CT molecular complexity index is 784. The highest BCUT2D eigenvalue weighted by atomic mass is 127. The van der Waals surface area contributed by atoms with Crippen LogP contribution in [0.5, 0.6) is 0 Å². The molecule has 2 aliphatic rings. The number of amides is 2. The van der Waals surface area contributed by atoms with E-state index in [0.29, 0.717) is 17.7 Å². The molecule has 0 N–H and O–H groups in total. The van der Waals surface area contributed by atoms with E-state index in [-0.39, 0.29) is 17.7 Å². The van der Waals surface area contributed by atoms with E-state index >= 15 is 0 Å². The fraction of sp³-hybridized carbons (Fsp3) is 0.176. The van der Waals surface area contributed by atoms with Crippen LogP contribution in [0.1, 0.15) is 37.8 Å². The molecule has 21 heavy (non-hydrogen) atoms. The Morgan fingerprint density at radius 2 is 1.81 bits per heavy atom. The lowest BCUT2D eigenvalue weighted by Crippen LogP contribution is -2.37. The van der Waals surface area contributed by atoms with Gasteiger partial charge in [-0.25, -0.2) is 0 Å². The molecule has 1 atom stereocenters. The van der Waals surface area contributed by atoms with Gasteiger partial charge in [-0.15, -0.1) is 0 Å². The quantitative estimate of drug-likeness (QED) is 0.585. The predicted octanol–water partition coefficient (Wildman–Crippen LogP) is 3.23. The van der Waals surface area contributed by atoms with Crippen molar-refractivity contribution < 1.29 is 9.59 Å². The monoisotopic (exact) mass is 389 g/mol. The Labute approximate surface area is 136 Å². The summed E-state index contributed by atoms with van der Waals surface area (Å²) in [5, 5.41) is 0. The van der Waals surface area contributed by atoms with Gasteiger partial charge in [-0.05, 0) is 58.3 Å². The predicted molar refractivity (Wildman–Crippen MR) is 87.4 cm³/mol. The van der Waals surface area contributed by atoms with E-state index in [1.54, 1.807) is 12.1 Å². The molecule has 4 heteroatoms. The van der Waals surface area contributed by atoms with Gasteiger partial charge in [-0.3, -0.25) is 14.5 Å². The number of carbonyl (C=O) groups excluding carboxylic acids is 2. The third-order valence-corrected chi connectivity index (χ3v) is 4.97. The number of nitrogens with zero attached hydrogens (tertiary/aromatic N) is 1. The van der Waals surface area contributed by atoms with E-state index in [4.69, 9.17) is 0 Å². The van der Waals surface area contributed by atoms with Gasteiger partial charge in [0.15, 0.2) is 0 Å². The van der Waals surface area contributed by atoms with E-state index in [2.05, 4.69) is 34.7 Å². The molecule has 2 aromatic carbocycles. The smallest absolute Gasteiger partial charge is 0.261 e. The number of hydrogen-bond donors (Lipinski definition) is 0. The average molecular weight is 389 g/mol. The van der Waals surface area contributed by atoms with Crippen molar-refractivity contribution in [1.82, 2.24) is 4.90 Å². The Morgan fingerprint density at radius 3 is 2.62 bits per heavy atom. The SMILES string of the molecule is O=C1c2ccc(I)cc2C(=O)N1CC1Cc2ccccc21. The van der Waals surface area contributed by atoms with Crippen LogP contribution < -0.4 is 0 Å². The second-order valence-electron chi connectivity index (χ2n) is 5.51. The summed E-state index contributed by atoms with van der Waals surface area (Å²) in [5.41, 5.74) is 3.67. The van der Waals surface area contributed by atoms with Crippen LogP contribution in [0.15, 0.2) is 42.5 Å². The van der Waals surface area contributed by atoms with E-state index in [1.165, 1.54) is 16.0 Å². The Morgan fingerprint density at radius 1 is 1.05 bits per heavy atom. The highest BCUT2D eigenvalue weighted by Crippen LogP contribution is 2.37. The first-order valence-corrected chi connectivity index (χ1v) is 7.96.